The molecule has 158 valence electrons. The van der Waals surface area contributed by atoms with E-state index in [0.717, 1.165) is 0 Å². The van der Waals surface area contributed by atoms with Gasteiger partial charge in [0.2, 0.25) is 0 Å². The average Bonchev–Trinajstić information content (AvgIpc) is 3.15. The lowest BCUT2D eigenvalue weighted by Gasteiger charge is -2.27. The largest absolute Gasteiger partial charge is 0.478 e. The molecule has 1 fully saturated rings. The van der Waals surface area contributed by atoms with Crippen LogP contribution in [0.1, 0.15) is 47.3 Å². The van der Waals surface area contributed by atoms with Gasteiger partial charge in [0.05, 0.1) is 0 Å². The van der Waals surface area contributed by atoms with E-state index in [0.29, 0.717) is 18.1 Å². The summed E-state index contributed by atoms with van der Waals surface area (Å²) in [4.78, 5) is 23.1. The van der Waals surface area contributed by atoms with E-state index < -0.39 is 11.9 Å². The number of rotatable bonds is 2. The topological polar surface area (TPSA) is 77.8 Å². The van der Waals surface area contributed by atoms with Crippen LogP contribution in [0.5, 0.6) is 0 Å². The van der Waals surface area contributed by atoms with Crippen molar-refractivity contribution in [3.05, 3.63) is 75.0 Å². The van der Waals surface area contributed by atoms with Crippen LogP contribution in [0.2, 0.25) is 0 Å². The molecule has 0 radical (unpaired) electrons. The molecule has 1 unspecified atom stereocenters. The third-order valence-electron chi connectivity index (χ3n) is 5.54. The molecule has 5 nitrogen and oxygen atoms in total. The summed E-state index contributed by atoms with van der Waals surface area (Å²) in [6.45, 7) is 4.76. The molecular formula is C24H27NO4S. The van der Waals surface area contributed by atoms with Gasteiger partial charge in [-0.25, -0.2) is 9.59 Å². The Hall–Kier alpha value is -2.70. The highest BCUT2D eigenvalue weighted by Gasteiger charge is 2.26. The van der Waals surface area contributed by atoms with Crippen LogP contribution in [-0.4, -0.2) is 47.2 Å². The maximum absolute atomic E-state index is 9.55. The standard InChI is InChI=1S/C20H23NS.C4H4O4/c1-14-13-16-5-3-4-6-17(16)19(18-9-12-22-20(14)18)15-7-10-21(2)11-8-15;5-3(6)1-2-4(7)8/h3-6,9,12,14H,7-8,10-11,13H2,1-2H3;1-2H,(H,5,6)(H,7,8)/b;2-1+. The first-order chi connectivity index (χ1) is 14.4. The number of carboxylic acid groups (broad SMARTS) is 2. The fourth-order valence-electron chi connectivity index (χ4n) is 4.08. The number of nitrogens with zero attached hydrogens (tertiary/aromatic N) is 1. The Labute approximate surface area is 181 Å². The van der Waals surface area contributed by atoms with Gasteiger partial charge in [0.15, 0.2) is 0 Å². The Bertz CT molecular complexity index is 963. The molecule has 2 aromatic rings. The van der Waals surface area contributed by atoms with Gasteiger partial charge in [-0.3, -0.25) is 0 Å². The minimum atomic E-state index is -1.26. The van der Waals surface area contributed by atoms with E-state index in [1.807, 2.05) is 11.3 Å². The van der Waals surface area contributed by atoms with Gasteiger partial charge in [-0.15, -0.1) is 11.3 Å². The number of fused-ring (bicyclic) bond motifs is 2. The van der Waals surface area contributed by atoms with E-state index in [4.69, 9.17) is 10.2 Å². The summed E-state index contributed by atoms with van der Waals surface area (Å²) in [5.41, 5.74) is 7.76. The number of aliphatic carboxylic acids is 2. The Morgan fingerprint density at radius 1 is 1.03 bits per heavy atom. The Morgan fingerprint density at radius 3 is 2.30 bits per heavy atom. The fourth-order valence-corrected chi connectivity index (χ4v) is 5.04. The third-order valence-corrected chi connectivity index (χ3v) is 6.69. The SMILES string of the molecule is CC1Cc2ccccc2C(=C2CCN(C)CC2)c2ccsc21.O=C(O)/C=C/C(=O)O. The van der Waals surface area contributed by atoms with E-state index in [-0.39, 0.29) is 0 Å². The van der Waals surface area contributed by atoms with Gasteiger partial charge in [-0.05, 0) is 65.9 Å². The molecule has 1 saturated heterocycles. The molecule has 6 heteroatoms. The third kappa shape index (κ3) is 5.26. The molecule has 0 amide bonds. The smallest absolute Gasteiger partial charge is 0.328 e. The van der Waals surface area contributed by atoms with E-state index in [9.17, 15) is 9.59 Å². The molecule has 2 heterocycles. The van der Waals surface area contributed by atoms with Crippen LogP contribution in [0, 0.1) is 0 Å². The van der Waals surface area contributed by atoms with Gasteiger partial charge in [0.1, 0.15) is 0 Å². The number of piperidine rings is 1. The lowest BCUT2D eigenvalue weighted by Crippen LogP contribution is -2.27. The highest BCUT2D eigenvalue weighted by Crippen LogP contribution is 2.43. The van der Waals surface area contributed by atoms with Crippen molar-refractivity contribution in [3.63, 3.8) is 0 Å². The quantitative estimate of drug-likeness (QED) is 0.685. The van der Waals surface area contributed by atoms with Crippen molar-refractivity contribution in [1.82, 2.24) is 4.90 Å². The fraction of sp³-hybridized carbons (Fsp3) is 0.333. The van der Waals surface area contributed by atoms with Crippen molar-refractivity contribution in [1.29, 1.82) is 0 Å². The molecule has 0 spiro atoms. The van der Waals surface area contributed by atoms with Crippen molar-refractivity contribution in [2.45, 2.75) is 32.1 Å². The first kappa shape index (κ1) is 22.0. The number of carboxylic acids is 2. The molecule has 30 heavy (non-hydrogen) atoms. The maximum Gasteiger partial charge on any atom is 0.328 e. The number of likely N-dealkylation sites (tertiary alicyclic amines) is 1. The second-order valence-corrected chi connectivity index (χ2v) is 8.70. The summed E-state index contributed by atoms with van der Waals surface area (Å²) < 4.78 is 0. The van der Waals surface area contributed by atoms with Crippen molar-refractivity contribution >= 4 is 28.8 Å². The van der Waals surface area contributed by atoms with Crippen LogP contribution in [0.4, 0.5) is 0 Å². The number of carbonyl (C=O) groups is 2. The van der Waals surface area contributed by atoms with Crippen LogP contribution in [0.25, 0.3) is 5.57 Å². The Morgan fingerprint density at radius 2 is 1.67 bits per heavy atom. The molecule has 0 saturated carbocycles. The Balaban J connectivity index is 0.000000275. The zero-order chi connectivity index (χ0) is 21.7. The van der Waals surface area contributed by atoms with Crippen LogP contribution in [0.15, 0.2) is 53.4 Å². The first-order valence-electron chi connectivity index (χ1n) is 10.1. The minimum absolute atomic E-state index is 0.558. The van der Waals surface area contributed by atoms with Crippen molar-refractivity contribution in [2.75, 3.05) is 20.1 Å². The molecular weight excluding hydrogens is 398 g/mol. The van der Waals surface area contributed by atoms with E-state index in [2.05, 4.69) is 54.6 Å². The van der Waals surface area contributed by atoms with Crippen molar-refractivity contribution in [2.24, 2.45) is 0 Å². The zero-order valence-electron chi connectivity index (χ0n) is 17.3. The first-order valence-corrected chi connectivity index (χ1v) is 10.9. The minimum Gasteiger partial charge on any atom is -0.478 e. The molecule has 2 N–H and O–H groups in total. The number of thiophene rings is 1. The average molecular weight is 426 g/mol. The van der Waals surface area contributed by atoms with Crippen LogP contribution in [-0.2, 0) is 16.0 Å². The predicted octanol–water partition coefficient (Wildman–Crippen LogP) is 4.65. The highest BCUT2D eigenvalue weighted by atomic mass is 32.1. The van der Waals surface area contributed by atoms with Crippen LogP contribution >= 0.6 is 11.3 Å². The summed E-state index contributed by atoms with van der Waals surface area (Å²) >= 11 is 1.94. The molecule has 4 rings (SSSR count). The normalized spacial score (nSPS) is 18.8. The van der Waals surface area contributed by atoms with Gasteiger partial charge in [-0.1, -0.05) is 36.8 Å². The zero-order valence-corrected chi connectivity index (χ0v) is 18.1. The van der Waals surface area contributed by atoms with E-state index in [1.165, 1.54) is 49.0 Å². The molecule has 1 aromatic carbocycles. The summed E-state index contributed by atoms with van der Waals surface area (Å²) in [6.07, 6.45) is 4.71. The molecule has 1 aromatic heterocycles. The molecule has 1 aliphatic heterocycles. The maximum atomic E-state index is 9.55. The van der Waals surface area contributed by atoms with Crippen molar-refractivity contribution < 1.29 is 19.8 Å². The summed E-state index contributed by atoms with van der Waals surface area (Å²) in [5.74, 6) is -1.89. The summed E-state index contributed by atoms with van der Waals surface area (Å²) in [5, 5.41) is 17.9. The van der Waals surface area contributed by atoms with E-state index >= 15 is 0 Å². The van der Waals surface area contributed by atoms with E-state index in [1.54, 1.807) is 16.0 Å². The van der Waals surface area contributed by atoms with Gasteiger partial charge < -0.3 is 15.1 Å². The number of hydrogen-bond acceptors (Lipinski definition) is 4. The van der Waals surface area contributed by atoms with Gasteiger partial charge in [-0.2, -0.15) is 0 Å². The van der Waals surface area contributed by atoms with Crippen LogP contribution < -0.4 is 0 Å². The second-order valence-electron chi connectivity index (χ2n) is 7.75. The van der Waals surface area contributed by atoms with Gasteiger partial charge in [0, 0.05) is 30.1 Å². The lowest BCUT2D eigenvalue weighted by molar-refractivity contribution is -0.134. The number of hydrogen-bond donors (Lipinski definition) is 2. The lowest BCUT2D eigenvalue weighted by atomic mass is 9.88. The second kappa shape index (κ2) is 9.87. The predicted molar refractivity (Wildman–Crippen MR) is 120 cm³/mol. The Kier molecular flexibility index (Phi) is 7.24. The monoisotopic (exact) mass is 425 g/mol. The van der Waals surface area contributed by atoms with Crippen molar-refractivity contribution in [3.8, 4) is 0 Å². The molecule has 0 bridgehead atoms. The molecule has 1 aliphatic carbocycles. The number of benzene rings is 1. The highest BCUT2D eigenvalue weighted by molar-refractivity contribution is 7.10. The van der Waals surface area contributed by atoms with Crippen LogP contribution in [0.3, 0.4) is 0 Å². The summed E-state index contributed by atoms with van der Waals surface area (Å²) in [6, 6.07) is 11.4. The van der Waals surface area contributed by atoms with Gasteiger partial charge in [0.25, 0.3) is 0 Å². The van der Waals surface area contributed by atoms with Gasteiger partial charge >= 0.3 is 11.9 Å². The molecule has 1 atom stereocenters. The summed E-state index contributed by atoms with van der Waals surface area (Å²) in [7, 11) is 2.24. The molecule has 2 aliphatic rings.